The van der Waals surface area contributed by atoms with Gasteiger partial charge in [-0.1, -0.05) is 18.2 Å². The summed E-state index contributed by atoms with van der Waals surface area (Å²) in [6.07, 6.45) is -0.673. The second kappa shape index (κ2) is 16.2. The summed E-state index contributed by atoms with van der Waals surface area (Å²) in [5.74, 6) is -3.90. The molecule has 0 unspecified atom stereocenters. The number of hydrogen-bond acceptors (Lipinski definition) is 6. The van der Waals surface area contributed by atoms with E-state index in [0.717, 1.165) is 22.9 Å². The van der Waals surface area contributed by atoms with E-state index in [2.05, 4.69) is 26.3 Å². The number of unbranched alkanes of at least 4 members (excludes halogenated alkanes) is 1. The van der Waals surface area contributed by atoms with Crippen LogP contribution in [-0.4, -0.2) is 77.6 Å². The van der Waals surface area contributed by atoms with Crippen molar-refractivity contribution in [3.8, 4) is 0 Å². The molecule has 4 amide bonds. The van der Waals surface area contributed by atoms with E-state index in [0.29, 0.717) is 25.8 Å². The molecule has 1 fully saturated rings. The zero-order valence-electron chi connectivity index (χ0n) is 22.3. The van der Waals surface area contributed by atoms with E-state index in [9.17, 15) is 32.3 Å². The van der Waals surface area contributed by atoms with Gasteiger partial charge in [0.1, 0.15) is 6.04 Å². The molecule has 1 aromatic heterocycles. The number of nitrogens with one attached hydrogen (secondary N) is 5. The third-order valence-corrected chi connectivity index (χ3v) is 6.11. The number of carboxylic acids is 1. The quantitative estimate of drug-likeness (QED) is 0.245. The number of carbonyl (C=O) groups is 5. The highest BCUT2D eigenvalue weighted by molar-refractivity contribution is 5.89. The van der Waals surface area contributed by atoms with Crippen LogP contribution in [0.25, 0.3) is 10.9 Å². The van der Waals surface area contributed by atoms with Crippen LogP contribution in [0.1, 0.15) is 44.1 Å². The number of halogens is 3. The third kappa shape index (κ3) is 11.9. The number of benzene rings is 1. The van der Waals surface area contributed by atoms with Gasteiger partial charge in [-0.25, -0.2) is 4.79 Å². The second-order valence-corrected chi connectivity index (χ2v) is 9.38. The Labute approximate surface area is 234 Å². The molecular weight excluding hydrogens is 549 g/mol. The fraction of sp³-hybridized carbons (Fsp3) is 0.500. The number of hydrogen-bond donors (Lipinski definition) is 7. The summed E-state index contributed by atoms with van der Waals surface area (Å²) in [5.41, 5.74) is 7.55. The summed E-state index contributed by atoms with van der Waals surface area (Å²) in [7, 11) is 0. The number of carboxylic acid groups (broad SMARTS) is 1. The molecule has 8 N–H and O–H groups in total. The predicted molar refractivity (Wildman–Crippen MR) is 142 cm³/mol. The highest BCUT2D eigenvalue weighted by Gasteiger charge is 2.38. The maximum absolute atomic E-state index is 13.2. The molecule has 0 saturated carbocycles. The van der Waals surface area contributed by atoms with Gasteiger partial charge in [0.25, 0.3) is 0 Å². The van der Waals surface area contributed by atoms with Crippen LogP contribution in [0.4, 0.5) is 13.2 Å². The number of aromatic nitrogens is 1. The van der Waals surface area contributed by atoms with Crippen molar-refractivity contribution in [2.24, 2.45) is 5.73 Å². The first-order valence-corrected chi connectivity index (χ1v) is 13.1. The number of carbonyl (C=O) groups excluding carboxylic acids is 4. The molecule has 2 atom stereocenters. The van der Waals surface area contributed by atoms with Crippen LogP contribution < -0.4 is 27.0 Å². The lowest BCUT2D eigenvalue weighted by atomic mass is 10.0. The Hall–Kier alpha value is -4.14. The van der Waals surface area contributed by atoms with Gasteiger partial charge < -0.3 is 37.1 Å². The molecule has 0 bridgehead atoms. The average Bonchev–Trinajstić information content (AvgIpc) is 3.30. The summed E-state index contributed by atoms with van der Waals surface area (Å²) in [4.78, 5) is 62.3. The predicted octanol–water partition coefficient (Wildman–Crippen LogP) is 0.859. The van der Waals surface area contributed by atoms with Crippen molar-refractivity contribution in [3.63, 3.8) is 0 Å². The molecule has 0 aliphatic carbocycles. The van der Waals surface area contributed by atoms with Gasteiger partial charge in [0, 0.05) is 55.5 Å². The van der Waals surface area contributed by atoms with Crippen molar-refractivity contribution < 1.29 is 42.3 Å². The smallest absolute Gasteiger partial charge is 0.475 e. The molecular formula is C26H35F3N6O6. The van der Waals surface area contributed by atoms with E-state index < -0.39 is 24.2 Å². The van der Waals surface area contributed by atoms with Crippen molar-refractivity contribution in [2.75, 3.05) is 19.6 Å². The molecule has 2 aromatic rings. The van der Waals surface area contributed by atoms with Crippen LogP contribution in [0.5, 0.6) is 0 Å². The first-order chi connectivity index (χ1) is 19.4. The molecule has 41 heavy (non-hydrogen) atoms. The highest BCUT2D eigenvalue weighted by atomic mass is 19.4. The molecule has 1 saturated heterocycles. The molecule has 1 aliphatic rings. The van der Waals surface area contributed by atoms with Crippen LogP contribution in [0, 0.1) is 0 Å². The SMILES string of the molecule is NCCCC[C@@H]1NC(=O)CCNC(=O)CCNC(=O)C[C@H](Cc2c[nH]c3ccccc23)NC1=O.O=C(O)C(F)(F)F. The minimum absolute atomic E-state index is 0.0519. The van der Waals surface area contributed by atoms with Gasteiger partial charge in [0.15, 0.2) is 0 Å². The average molecular weight is 585 g/mol. The zero-order chi connectivity index (χ0) is 30.4. The highest BCUT2D eigenvalue weighted by Crippen LogP contribution is 2.20. The summed E-state index contributed by atoms with van der Waals surface area (Å²) < 4.78 is 31.7. The standard InChI is InChI=1S/C24H34N6O4.C2HF3O2/c25-10-4-3-7-20-24(34)29-17(13-16-15-28-19-6-2-1-5-18(16)19)14-23(33)27-11-8-21(31)26-12-9-22(32)30-20;3-2(4,5)1(6)7/h1-2,5-6,15,17,20,28H,3-4,7-14,25H2,(H,26,31)(H,27,33)(H,29,34)(H,30,32);(H,6,7)/t17-,20-;/m0./s1. The maximum atomic E-state index is 13.2. The Bertz CT molecular complexity index is 1200. The van der Waals surface area contributed by atoms with Crippen LogP contribution in [-0.2, 0) is 30.4 Å². The van der Waals surface area contributed by atoms with Gasteiger partial charge in [-0.15, -0.1) is 0 Å². The topological polar surface area (TPSA) is 196 Å². The van der Waals surface area contributed by atoms with Crippen molar-refractivity contribution in [1.82, 2.24) is 26.3 Å². The lowest BCUT2D eigenvalue weighted by Gasteiger charge is -2.23. The number of aliphatic carboxylic acids is 1. The number of amides is 4. The van der Waals surface area contributed by atoms with Gasteiger partial charge in [-0.2, -0.15) is 13.2 Å². The van der Waals surface area contributed by atoms with Crippen LogP contribution in [0.2, 0.25) is 0 Å². The van der Waals surface area contributed by atoms with Crippen LogP contribution in [0.15, 0.2) is 30.5 Å². The van der Waals surface area contributed by atoms with Crippen molar-refractivity contribution >= 4 is 40.5 Å². The Morgan fingerprint density at radius 1 is 0.951 bits per heavy atom. The molecule has 0 spiro atoms. The molecule has 1 aliphatic heterocycles. The molecule has 3 rings (SSSR count). The third-order valence-electron chi connectivity index (χ3n) is 6.11. The molecule has 226 valence electrons. The Morgan fingerprint density at radius 3 is 2.24 bits per heavy atom. The van der Waals surface area contributed by atoms with Crippen molar-refractivity contribution in [3.05, 3.63) is 36.0 Å². The van der Waals surface area contributed by atoms with Crippen LogP contribution in [0.3, 0.4) is 0 Å². The number of para-hydroxylation sites is 1. The van der Waals surface area contributed by atoms with E-state index >= 15 is 0 Å². The largest absolute Gasteiger partial charge is 0.490 e. The summed E-state index contributed by atoms with van der Waals surface area (Å²) in [6.45, 7) is 0.850. The second-order valence-electron chi connectivity index (χ2n) is 9.38. The minimum Gasteiger partial charge on any atom is -0.475 e. The van der Waals surface area contributed by atoms with Crippen molar-refractivity contribution in [2.45, 2.75) is 63.2 Å². The van der Waals surface area contributed by atoms with Gasteiger partial charge in [0.05, 0.1) is 0 Å². The lowest BCUT2D eigenvalue weighted by Crippen LogP contribution is -2.51. The fourth-order valence-electron chi connectivity index (χ4n) is 4.09. The first kappa shape index (κ1) is 33.1. The summed E-state index contributed by atoms with van der Waals surface area (Å²) in [6, 6.07) is 6.61. The van der Waals surface area contributed by atoms with Gasteiger partial charge in [-0.05, 0) is 43.9 Å². The summed E-state index contributed by atoms with van der Waals surface area (Å²) >= 11 is 0. The monoisotopic (exact) mass is 584 g/mol. The van der Waals surface area contributed by atoms with E-state index in [1.807, 2.05) is 30.5 Å². The number of aromatic amines is 1. The normalized spacial score (nSPS) is 19.4. The first-order valence-electron chi connectivity index (χ1n) is 13.1. The molecule has 2 heterocycles. The minimum atomic E-state index is -5.08. The van der Waals surface area contributed by atoms with E-state index in [4.69, 9.17) is 15.6 Å². The molecule has 15 heteroatoms. The fourth-order valence-corrected chi connectivity index (χ4v) is 4.09. The van der Waals surface area contributed by atoms with Crippen LogP contribution >= 0.6 is 0 Å². The van der Waals surface area contributed by atoms with E-state index in [-0.39, 0.29) is 56.0 Å². The number of alkyl halides is 3. The number of fused-ring (bicyclic) bond motifs is 1. The molecule has 0 radical (unpaired) electrons. The molecule has 12 nitrogen and oxygen atoms in total. The van der Waals surface area contributed by atoms with Crippen molar-refractivity contribution in [1.29, 1.82) is 0 Å². The van der Waals surface area contributed by atoms with Gasteiger partial charge in [-0.3, -0.25) is 19.2 Å². The zero-order valence-corrected chi connectivity index (χ0v) is 22.3. The van der Waals surface area contributed by atoms with Gasteiger partial charge in [0.2, 0.25) is 23.6 Å². The van der Waals surface area contributed by atoms with E-state index in [1.165, 1.54) is 0 Å². The Kier molecular flexibility index (Phi) is 13.1. The maximum Gasteiger partial charge on any atom is 0.490 e. The molecule has 1 aromatic carbocycles. The number of rotatable bonds is 6. The number of H-pyrrole nitrogens is 1. The van der Waals surface area contributed by atoms with Gasteiger partial charge >= 0.3 is 12.1 Å². The Morgan fingerprint density at radius 2 is 1.59 bits per heavy atom. The van der Waals surface area contributed by atoms with E-state index in [1.54, 1.807) is 0 Å². The lowest BCUT2D eigenvalue weighted by molar-refractivity contribution is -0.192. The summed E-state index contributed by atoms with van der Waals surface area (Å²) in [5, 5.41) is 19.3. The number of nitrogens with two attached hydrogens (primary N) is 1. The Balaban J connectivity index is 0.000000745.